The van der Waals surface area contributed by atoms with Crippen LogP contribution in [0.15, 0.2) is 18.3 Å². The molecular weight excluding hydrogens is 374 g/mol. The normalized spacial score (nSPS) is 25.1. The first-order valence-electron chi connectivity index (χ1n) is 10.1. The first-order chi connectivity index (χ1) is 13.7. The highest BCUT2D eigenvalue weighted by atomic mass is 16.6. The van der Waals surface area contributed by atoms with E-state index in [9.17, 15) is 14.7 Å². The number of aliphatic hydroxyl groups is 1. The minimum atomic E-state index is -0.586. The van der Waals surface area contributed by atoms with Gasteiger partial charge < -0.3 is 24.4 Å². The van der Waals surface area contributed by atoms with Crippen LogP contribution in [0.2, 0.25) is 0 Å². The Balaban J connectivity index is 1.73. The number of esters is 1. The van der Waals surface area contributed by atoms with Gasteiger partial charge in [-0.25, -0.2) is 9.78 Å². The molecule has 1 aromatic heterocycles. The summed E-state index contributed by atoms with van der Waals surface area (Å²) in [6.45, 7) is 7.60. The van der Waals surface area contributed by atoms with Crippen LogP contribution in [-0.4, -0.2) is 72.0 Å². The molecule has 1 amide bonds. The van der Waals surface area contributed by atoms with E-state index in [1.807, 2.05) is 32.9 Å². The Morgan fingerprint density at radius 3 is 2.48 bits per heavy atom. The first kappa shape index (κ1) is 21.4. The molecule has 29 heavy (non-hydrogen) atoms. The third kappa shape index (κ3) is 5.18. The van der Waals surface area contributed by atoms with E-state index in [1.54, 1.807) is 11.1 Å². The van der Waals surface area contributed by atoms with Gasteiger partial charge in [0.25, 0.3) is 0 Å². The van der Waals surface area contributed by atoms with Crippen molar-refractivity contribution in [3.05, 3.63) is 23.9 Å². The summed E-state index contributed by atoms with van der Waals surface area (Å²) < 4.78 is 10.5. The van der Waals surface area contributed by atoms with Gasteiger partial charge in [0.1, 0.15) is 11.4 Å². The maximum absolute atomic E-state index is 12.5. The van der Waals surface area contributed by atoms with Crippen LogP contribution in [0.3, 0.4) is 0 Å². The lowest BCUT2D eigenvalue weighted by molar-refractivity contribution is -0.148. The van der Waals surface area contributed by atoms with Crippen molar-refractivity contribution in [1.29, 1.82) is 0 Å². The zero-order chi connectivity index (χ0) is 21.2. The molecule has 3 atom stereocenters. The van der Waals surface area contributed by atoms with Gasteiger partial charge in [0, 0.05) is 38.3 Å². The number of β-amino-alcohol motifs (C(OH)–C–C–N with tert-alkyl or cyclic N) is 1. The smallest absolute Gasteiger partial charge is 0.410 e. The topological polar surface area (TPSA) is 92.2 Å². The molecule has 0 bridgehead atoms. The summed E-state index contributed by atoms with van der Waals surface area (Å²) in [7, 11) is 1.37. The average Bonchev–Trinajstić information content (AvgIpc) is 3.12. The number of ether oxygens (including phenoxy) is 2. The molecule has 1 aromatic rings. The number of pyridine rings is 1. The number of rotatable bonds is 3. The predicted molar refractivity (Wildman–Crippen MR) is 108 cm³/mol. The molecule has 3 rings (SSSR count). The summed E-state index contributed by atoms with van der Waals surface area (Å²) in [4.78, 5) is 33.1. The van der Waals surface area contributed by atoms with Crippen LogP contribution >= 0.6 is 0 Å². The molecule has 0 aliphatic carbocycles. The summed E-state index contributed by atoms with van der Waals surface area (Å²) in [5, 5.41) is 9.72. The molecule has 0 unspecified atom stereocenters. The van der Waals surface area contributed by atoms with Gasteiger partial charge in [-0.3, -0.25) is 4.79 Å². The lowest BCUT2D eigenvalue weighted by Crippen LogP contribution is -2.47. The van der Waals surface area contributed by atoms with E-state index in [0.29, 0.717) is 19.5 Å². The molecule has 1 N–H and O–H groups in total. The number of carbonyl (C=O) groups excluding carboxylic acids is 2. The van der Waals surface area contributed by atoms with Crippen LogP contribution in [0.25, 0.3) is 0 Å². The van der Waals surface area contributed by atoms with Gasteiger partial charge in [0.05, 0.1) is 19.1 Å². The molecule has 3 heterocycles. The van der Waals surface area contributed by atoms with Crippen LogP contribution in [0, 0.1) is 5.92 Å². The lowest BCUT2D eigenvalue weighted by Gasteiger charge is -2.37. The summed E-state index contributed by atoms with van der Waals surface area (Å²) in [6, 6.07) is 3.92. The minimum Gasteiger partial charge on any atom is -0.469 e. The third-order valence-corrected chi connectivity index (χ3v) is 5.45. The largest absolute Gasteiger partial charge is 0.469 e. The minimum absolute atomic E-state index is 0.0770. The molecule has 8 nitrogen and oxygen atoms in total. The van der Waals surface area contributed by atoms with Gasteiger partial charge in [-0.1, -0.05) is 6.07 Å². The Labute approximate surface area is 171 Å². The number of anilines is 1. The number of aromatic nitrogens is 1. The van der Waals surface area contributed by atoms with Crippen molar-refractivity contribution in [2.24, 2.45) is 5.92 Å². The summed E-state index contributed by atoms with van der Waals surface area (Å²) in [5.74, 6) is -0.0597. The van der Waals surface area contributed by atoms with E-state index in [1.165, 1.54) is 7.11 Å². The van der Waals surface area contributed by atoms with Crippen molar-refractivity contribution in [1.82, 2.24) is 9.88 Å². The van der Waals surface area contributed by atoms with Crippen LogP contribution < -0.4 is 4.90 Å². The number of piperidine rings is 1. The highest BCUT2D eigenvalue weighted by molar-refractivity contribution is 5.76. The van der Waals surface area contributed by atoms with E-state index in [0.717, 1.165) is 24.3 Å². The number of aliphatic hydroxyl groups excluding tert-OH is 1. The standard InChI is InChI=1S/C21H31N3O5/c1-21(2,3)29-20(27)24-10-8-16(17(13-24)19(26)28-4)14-5-6-18(22-11-14)23-9-7-15(25)12-23/h5-6,11,15-17,25H,7-10,12-13H2,1-4H3/t15-,16+,17-/m0/s1. The Hall–Kier alpha value is -2.35. The van der Waals surface area contributed by atoms with Crippen molar-refractivity contribution in [2.75, 3.05) is 38.2 Å². The molecule has 160 valence electrons. The summed E-state index contributed by atoms with van der Waals surface area (Å²) >= 11 is 0. The van der Waals surface area contributed by atoms with E-state index in [4.69, 9.17) is 9.47 Å². The van der Waals surface area contributed by atoms with E-state index in [2.05, 4.69) is 9.88 Å². The molecule has 2 aliphatic rings. The monoisotopic (exact) mass is 405 g/mol. The van der Waals surface area contributed by atoms with Crippen LogP contribution in [0.5, 0.6) is 0 Å². The number of hydrogen-bond donors (Lipinski definition) is 1. The van der Waals surface area contributed by atoms with Crippen molar-refractivity contribution >= 4 is 17.9 Å². The zero-order valence-electron chi connectivity index (χ0n) is 17.6. The fourth-order valence-electron chi connectivity index (χ4n) is 3.99. The van der Waals surface area contributed by atoms with E-state index >= 15 is 0 Å². The molecule has 2 fully saturated rings. The molecule has 0 aromatic carbocycles. The fourth-order valence-corrected chi connectivity index (χ4v) is 3.99. The molecule has 0 spiro atoms. The van der Waals surface area contributed by atoms with Crippen molar-refractivity contribution < 1.29 is 24.2 Å². The third-order valence-electron chi connectivity index (χ3n) is 5.45. The van der Waals surface area contributed by atoms with Gasteiger partial charge in [-0.15, -0.1) is 0 Å². The Morgan fingerprint density at radius 1 is 1.17 bits per heavy atom. The number of nitrogens with zero attached hydrogens (tertiary/aromatic N) is 3. The number of methoxy groups -OCH3 is 1. The zero-order valence-corrected chi connectivity index (χ0v) is 17.6. The summed E-state index contributed by atoms with van der Waals surface area (Å²) in [6.07, 6.45) is 2.45. The molecule has 0 saturated carbocycles. The van der Waals surface area contributed by atoms with Gasteiger partial charge in [-0.2, -0.15) is 0 Å². The molecule has 8 heteroatoms. The number of amides is 1. The molecule has 2 aliphatic heterocycles. The second-order valence-electron chi connectivity index (χ2n) is 8.79. The van der Waals surface area contributed by atoms with Gasteiger partial charge in [0.2, 0.25) is 0 Å². The van der Waals surface area contributed by atoms with Crippen LogP contribution in [0.1, 0.15) is 45.1 Å². The average molecular weight is 405 g/mol. The quantitative estimate of drug-likeness (QED) is 0.771. The van der Waals surface area contributed by atoms with Crippen LogP contribution in [0.4, 0.5) is 10.6 Å². The lowest BCUT2D eigenvalue weighted by atomic mass is 9.81. The summed E-state index contributed by atoms with van der Waals surface area (Å²) in [5.41, 5.74) is 0.366. The second kappa shape index (κ2) is 8.57. The maximum atomic E-state index is 12.5. The maximum Gasteiger partial charge on any atom is 0.410 e. The van der Waals surface area contributed by atoms with E-state index in [-0.39, 0.29) is 24.5 Å². The van der Waals surface area contributed by atoms with Crippen molar-refractivity contribution in [3.63, 3.8) is 0 Å². The second-order valence-corrected chi connectivity index (χ2v) is 8.79. The Kier molecular flexibility index (Phi) is 6.31. The molecule has 2 saturated heterocycles. The first-order valence-corrected chi connectivity index (χ1v) is 10.1. The highest BCUT2D eigenvalue weighted by Crippen LogP contribution is 2.35. The fraction of sp³-hybridized carbons (Fsp3) is 0.667. The van der Waals surface area contributed by atoms with Gasteiger partial charge in [-0.05, 0) is 45.2 Å². The van der Waals surface area contributed by atoms with Gasteiger partial charge in [0.15, 0.2) is 0 Å². The van der Waals surface area contributed by atoms with E-state index < -0.39 is 17.6 Å². The predicted octanol–water partition coefficient (Wildman–Crippen LogP) is 2.17. The van der Waals surface area contributed by atoms with Crippen molar-refractivity contribution in [2.45, 2.75) is 51.2 Å². The van der Waals surface area contributed by atoms with Crippen molar-refractivity contribution in [3.8, 4) is 0 Å². The number of carbonyl (C=O) groups is 2. The number of hydrogen-bond acceptors (Lipinski definition) is 7. The highest BCUT2D eigenvalue weighted by Gasteiger charge is 2.39. The Morgan fingerprint density at radius 2 is 1.93 bits per heavy atom. The van der Waals surface area contributed by atoms with Gasteiger partial charge >= 0.3 is 12.1 Å². The Bertz CT molecular complexity index is 731. The molecular formula is C21H31N3O5. The van der Waals surface area contributed by atoms with Crippen LogP contribution in [-0.2, 0) is 14.3 Å². The number of likely N-dealkylation sites (tertiary alicyclic amines) is 1. The molecule has 0 radical (unpaired) electrons. The SMILES string of the molecule is COC(=O)[C@H]1CN(C(=O)OC(C)(C)C)CC[C@@H]1c1ccc(N2CC[C@H](O)C2)nc1.